The van der Waals surface area contributed by atoms with Crippen LogP contribution >= 0.6 is 11.6 Å². The number of hydrogen-bond donors (Lipinski definition) is 2. The van der Waals surface area contributed by atoms with Gasteiger partial charge in [0.25, 0.3) is 11.6 Å². The van der Waals surface area contributed by atoms with Crippen molar-refractivity contribution < 1.29 is 18.5 Å². The van der Waals surface area contributed by atoms with Crippen LogP contribution in [-0.4, -0.2) is 11.0 Å². The van der Waals surface area contributed by atoms with Crippen molar-refractivity contribution in [1.29, 1.82) is 5.26 Å². The van der Waals surface area contributed by atoms with Crippen LogP contribution in [0.15, 0.2) is 36.4 Å². The molecule has 26 heavy (non-hydrogen) atoms. The lowest BCUT2D eigenvalue weighted by atomic mass is 10.0. The number of nitrogens with one attached hydrogen (secondary N) is 2. The summed E-state index contributed by atoms with van der Waals surface area (Å²) in [4.78, 5) is 22.1. The normalized spacial score (nSPS) is 10.7. The molecule has 0 atom stereocenters. The van der Waals surface area contributed by atoms with Gasteiger partial charge >= 0.3 is 6.03 Å². The number of nitro groups is 1. The fourth-order valence-corrected chi connectivity index (χ4v) is 2.29. The number of amides is 2. The average Bonchev–Trinajstić information content (AvgIpc) is 2.55. The van der Waals surface area contributed by atoms with Gasteiger partial charge in [0.1, 0.15) is 5.02 Å². The SMILES string of the molecule is CC(F)(F)c1cc(NC(=O)Nc2ccc(Cl)c([N+](=O)[O-])c2)ccc1C#N. The second-order valence-electron chi connectivity index (χ2n) is 5.26. The van der Waals surface area contributed by atoms with Crippen LogP contribution in [0.3, 0.4) is 0 Å². The molecule has 0 aliphatic heterocycles. The number of nitriles is 1. The van der Waals surface area contributed by atoms with E-state index in [1.807, 2.05) is 0 Å². The molecule has 2 rings (SSSR count). The number of benzene rings is 2. The summed E-state index contributed by atoms with van der Waals surface area (Å²) in [6.45, 7) is 0.639. The van der Waals surface area contributed by atoms with Gasteiger partial charge in [-0.3, -0.25) is 10.1 Å². The fraction of sp³-hybridized carbons (Fsp3) is 0.125. The van der Waals surface area contributed by atoms with Gasteiger partial charge in [-0.15, -0.1) is 0 Å². The van der Waals surface area contributed by atoms with Crippen LogP contribution in [0.1, 0.15) is 18.1 Å². The molecule has 10 heteroatoms. The Hall–Kier alpha value is -3.25. The highest BCUT2D eigenvalue weighted by molar-refractivity contribution is 6.32. The van der Waals surface area contributed by atoms with E-state index >= 15 is 0 Å². The quantitative estimate of drug-likeness (QED) is 0.582. The van der Waals surface area contributed by atoms with E-state index in [-0.39, 0.29) is 22.0 Å². The number of anilines is 2. The third-order valence-electron chi connectivity index (χ3n) is 3.27. The van der Waals surface area contributed by atoms with Crippen LogP contribution in [0.5, 0.6) is 0 Å². The molecular weight excluding hydrogens is 370 g/mol. The van der Waals surface area contributed by atoms with Gasteiger partial charge in [0.15, 0.2) is 0 Å². The molecule has 2 N–H and O–H groups in total. The highest BCUT2D eigenvalue weighted by Gasteiger charge is 2.28. The number of halogens is 3. The summed E-state index contributed by atoms with van der Waals surface area (Å²) in [6, 6.07) is 7.94. The Kier molecular flexibility index (Phi) is 5.38. The van der Waals surface area contributed by atoms with Gasteiger partial charge in [-0.25, -0.2) is 13.6 Å². The topological polar surface area (TPSA) is 108 Å². The molecule has 0 spiro atoms. The van der Waals surface area contributed by atoms with Crippen molar-refractivity contribution >= 4 is 34.7 Å². The first-order chi connectivity index (χ1) is 12.1. The Morgan fingerprint density at radius 3 is 2.35 bits per heavy atom. The van der Waals surface area contributed by atoms with Gasteiger partial charge in [-0.2, -0.15) is 5.26 Å². The minimum Gasteiger partial charge on any atom is -0.308 e. The van der Waals surface area contributed by atoms with Crippen molar-refractivity contribution in [1.82, 2.24) is 0 Å². The Balaban J connectivity index is 2.20. The zero-order chi connectivity index (χ0) is 19.5. The van der Waals surface area contributed by atoms with Crippen molar-refractivity contribution in [2.24, 2.45) is 0 Å². The molecule has 2 aromatic rings. The van der Waals surface area contributed by atoms with E-state index in [4.69, 9.17) is 16.9 Å². The number of alkyl halides is 2. The third-order valence-corrected chi connectivity index (χ3v) is 3.59. The van der Waals surface area contributed by atoms with Crippen molar-refractivity contribution in [3.63, 3.8) is 0 Å². The number of nitro benzene ring substituents is 1. The van der Waals surface area contributed by atoms with Crippen LogP contribution in [-0.2, 0) is 5.92 Å². The molecule has 2 amide bonds. The van der Waals surface area contributed by atoms with Crippen molar-refractivity contribution in [2.45, 2.75) is 12.8 Å². The molecule has 7 nitrogen and oxygen atoms in total. The number of carbonyl (C=O) groups is 1. The molecule has 0 saturated heterocycles. The Bertz CT molecular complexity index is 923. The second kappa shape index (κ2) is 7.33. The van der Waals surface area contributed by atoms with Crippen molar-refractivity contribution in [3.05, 3.63) is 62.7 Å². The Morgan fingerprint density at radius 2 is 1.81 bits per heavy atom. The zero-order valence-electron chi connectivity index (χ0n) is 13.2. The molecule has 0 heterocycles. The van der Waals surface area contributed by atoms with Gasteiger partial charge < -0.3 is 10.6 Å². The summed E-state index contributed by atoms with van der Waals surface area (Å²) < 4.78 is 27.1. The summed E-state index contributed by atoms with van der Waals surface area (Å²) >= 11 is 5.68. The number of urea groups is 1. The van der Waals surface area contributed by atoms with Crippen LogP contribution in [0.25, 0.3) is 0 Å². The third kappa shape index (κ3) is 4.43. The summed E-state index contributed by atoms with van der Waals surface area (Å²) in [5.74, 6) is -3.27. The molecule has 2 aromatic carbocycles. The minimum absolute atomic E-state index is 0.0292. The zero-order valence-corrected chi connectivity index (χ0v) is 14.0. The van der Waals surface area contributed by atoms with E-state index in [1.165, 1.54) is 18.2 Å². The van der Waals surface area contributed by atoms with E-state index in [0.717, 1.165) is 18.2 Å². The van der Waals surface area contributed by atoms with Crippen LogP contribution in [0, 0.1) is 21.4 Å². The average molecular weight is 381 g/mol. The lowest BCUT2D eigenvalue weighted by Crippen LogP contribution is -2.20. The molecule has 0 saturated carbocycles. The first-order valence-corrected chi connectivity index (χ1v) is 7.44. The predicted molar refractivity (Wildman–Crippen MR) is 91.5 cm³/mol. The van der Waals surface area contributed by atoms with Gasteiger partial charge in [0, 0.05) is 29.9 Å². The standard InChI is InChI=1S/C16H11ClF2N4O3/c1-16(18,19)12-6-10(3-2-9(12)8-20)21-15(24)22-11-4-5-13(17)14(7-11)23(25)26/h2-7H,1H3,(H2,21,22,24). The van der Waals surface area contributed by atoms with E-state index in [1.54, 1.807) is 6.07 Å². The smallest absolute Gasteiger partial charge is 0.308 e. The van der Waals surface area contributed by atoms with Crippen molar-refractivity contribution in [2.75, 3.05) is 10.6 Å². The van der Waals surface area contributed by atoms with Crippen LogP contribution < -0.4 is 10.6 Å². The molecule has 0 aliphatic carbocycles. The van der Waals surface area contributed by atoms with E-state index in [2.05, 4.69) is 10.6 Å². The minimum atomic E-state index is -3.27. The summed E-state index contributed by atoms with van der Waals surface area (Å²) in [5, 5.41) is 24.3. The maximum Gasteiger partial charge on any atom is 0.323 e. The highest BCUT2D eigenvalue weighted by Crippen LogP contribution is 2.32. The maximum atomic E-state index is 13.6. The fourth-order valence-electron chi connectivity index (χ4n) is 2.11. The molecule has 0 bridgehead atoms. The van der Waals surface area contributed by atoms with Gasteiger partial charge in [0.05, 0.1) is 16.6 Å². The summed E-state index contributed by atoms with van der Waals surface area (Å²) in [7, 11) is 0. The number of carbonyl (C=O) groups excluding carboxylic acids is 1. The first kappa shape index (κ1) is 19.1. The maximum absolute atomic E-state index is 13.6. The molecule has 0 aliphatic rings. The van der Waals surface area contributed by atoms with Gasteiger partial charge in [-0.05, 0) is 30.3 Å². The van der Waals surface area contributed by atoms with Crippen LogP contribution in [0.2, 0.25) is 5.02 Å². The van der Waals surface area contributed by atoms with Crippen LogP contribution in [0.4, 0.5) is 30.6 Å². The monoisotopic (exact) mass is 380 g/mol. The molecule has 0 unspecified atom stereocenters. The lowest BCUT2D eigenvalue weighted by molar-refractivity contribution is -0.384. The number of hydrogen-bond acceptors (Lipinski definition) is 4. The van der Waals surface area contributed by atoms with E-state index < -0.39 is 28.1 Å². The molecule has 134 valence electrons. The summed E-state index contributed by atoms with van der Waals surface area (Å²) in [5.41, 5.74) is -1.01. The predicted octanol–water partition coefficient (Wildman–Crippen LogP) is 4.88. The molecule has 0 fully saturated rings. The Morgan fingerprint density at radius 1 is 1.23 bits per heavy atom. The summed E-state index contributed by atoms with van der Waals surface area (Å²) in [6.07, 6.45) is 0. The van der Waals surface area contributed by atoms with Gasteiger partial charge in [0.2, 0.25) is 0 Å². The lowest BCUT2D eigenvalue weighted by Gasteiger charge is -2.14. The number of rotatable bonds is 4. The largest absolute Gasteiger partial charge is 0.323 e. The second-order valence-corrected chi connectivity index (χ2v) is 5.67. The van der Waals surface area contributed by atoms with Gasteiger partial charge in [-0.1, -0.05) is 11.6 Å². The Labute approximate surface area is 151 Å². The van der Waals surface area contributed by atoms with E-state index in [9.17, 15) is 23.7 Å². The van der Waals surface area contributed by atoms with Crippen molar-refractivity contribution in [3.8, 4) is 6.07 Å². The molecule has 0 radical (unpaired) electrons. The highest BCUT2D eigenvalue weighted by atomic mass is 35.5. The van der Waals surface area contributed by atoms with E-state index in [0.29, 0.717) is 6.92 Å². The first-order valence-electron chi connectivity index (χ1n) is 7.06. The molecular formula is C16H11ClF2N4O3. The number of nitrogens with zero attached hydrogens (tertiary/aromatic N) is 2. The molecule has 0 aromatic heterocycles.